The van der Waals surface area contributed by atoms with Crippen LogP contribution in [0.5, 0.6) is 0 Å². The van der Waals surface area contributed by atoms with Crippen LogP contribution in [0, 0.1) is 0 Å². The second-order valence-electron chi connectivity index (χ2n) is 11.6. The Morgan fingerprint density at radius 1 is 0.300 bits per heavy atom. The molecule has 0 unspecified atom stereocenters. The van der Waals surface area contributed by atoms with Crippen molar-refractivity contribution in [1.29, 1.82) is 0 Å². The van der Waals surface area contributed by atoms with Gasteiger partial charge in [0.2, 0.25) is 0 Å². The fraction of sp³-hybridized carbons (Fsp3) is 0.211. The third-order valence-corrected chi connectivity index (χ3v) is 9.10. The fourth-order valence-corrected chi connectivity index (χ4v) is 6.65. The van der Waals surface area contributed by atoms with E-state index in [0.29, 0.717) is 0 Å². The van der Waals surface area contributed by atoms with Gasteiger partial charge in [-0.05, 0) is 108 Å². The van der Waals surface area contributed by atoms with Gasteiger partial charge in [0.15, 0.2) is 0 Å². The molecule has 8 aliphatic carbocycles. The maximum absolute atomic E-state index is 5.32. The molecule has 0 saturated heterocycles. The van der Waals surface area contributed by atoms with Crippen LogP contribution in [-0.2, 0) is 51.4 Å². The van der Waals surface area contributed by atoms with E-state index in [0.717, 1.165) is 73.8 Å². The molecule has 0 saturated carbocycles. The van der Waals surface area contributed by atoms with Crippen molar-refractivity contribution in [3.05, 3.63) is 142 Å². The van der Waals surface area contributed by atoms with E-state index in [1.807, 2.05) is 0 Å². The Balaban J connectivity index is 1.23. The van der Waals surface area contributed by atoms with Crippen molar-refractivity contribution in [1.82, 2.24) is 9.97 Å². The number of hydrogen-bond acceptors (Lipinski definition) is 2. The van der Waals surface area contributed by atoms with Crippen LogP contribution in [0.15, 0.2) is 97.1 Å². The Labute approximate surface area is 235 Å². The summed E-state index contributed by atoms with van der Waals surface area (Å²) in [7, 11) is 0. The molecule has 2 heteroatoms. The lowest BCUT2D eigenvalue weighted by atomic mass is 9.92. The van der Waals surface area contributed by atoms with Crippen LogP contribution in [-0.4, -0.2) is 9.97 Å². The van der Waals surface area contributed by atoms with Crippen LogP contribution >= 0.6 is 0 Å². The summed E-state index contributed by atoms with van der Waals surface area (Å²) in [4.78, 5) is 10.6. The van der Waals surface area contributed by atoms with E-state index >= 15 is 0 Å². The number of nitrogens with zero attached hydrogens (tertiary/aromatic N) is 2. The van der Waals surface area contributed by atoms with Gasteiger partial charge in [0, 0.05) is 10.8 Å². The van der Waals surface area contributed by atoms with Gasteiger partial charge in [-0.2, -0.15) is 0 Å². The Morgan fingerprint density at radius 2 is 0.625 bits per heavy atom. The molecule has 0 amide bonds. The van der Waals surface area contributed by atoms with Gasteiger partial charge in [-0.1, -0.05) is 84.9 Å². The predicted octanol–water partition coefficient (Wildman–Crippen LogP) is 8.22. The minimum Gasteiger partial charge on any atom is -0.246 e. The molecular weight excluding hydrogens is 484 g/mol. The standard InChI is InChI=1S/C38H32N2/c1-5-27-6-2-25(1)9-13-29-17-19-31(15-11-27)37-33(29)21-23-35(39-37)36-24-22-34-30-14-10-26-3-7-28(8-4-26)12-16-32(20-18-30)38(34)40-36/h1-8,17-24H,9-16H2. The predicted molar refractivity (Wildman–Crippen MR) is 165 cm³/mol. The van der Waals surface area contributed by atoms with Gasteiger partial charge >= 0.3 is 0 Å². The zero-order valence-electron chi connectivity index (χ0n) is 22.8. The minimum absolute atomic E-state index is 0.968. The van der Waals surface area contributed by atoms with Crippen molar-refractivity contribution < 1.29 is 0 Å². The zero-order chi connectivity index (χ0) is 26.5. The van der Waals surface area contributed by atoms with Crippen molar-refractivity contribution in [2.24, 2.45) is 0 Å². The van der Waals surface area contributed by atoms with Crippen molar-refractivity contribution in [3.8, 4) is 11.4 Å². The van der Waals surface area contributed by atoms with E-state index in [9.17, 15) is 0 Å². The van der Waals surface area contributed by atoms with Crippen LogP contribution in [0.2, 0.25) is 0 Å². The first kappa shape index (κ1) is 23.6. The molecule has 0 atom stereocenters. The van der Waals surface area contributed by atoms with Crippen molar-refractivity contribution >= 4 is 21.8 Å². The lowest BCUT2D eigenvalue weighted by Crippen LogP contribution is -2.03. The first-order valence-electron chi connectivity index (χ1n) is 14.8. The molecule has 14 rings (SSSR count). The number of aryl methyl sites for hydroxylation is 8. The van der Waals surface area contributed by atoms with E-state index in [1.165, 1.54) is 55.3 Å². The molecule has 40 heavy (non-hydrogen) atoms. The highest BCUT2D eigenvalue weighted by Gasteiger charge is 2.15. The number of benzene rings is 4. The summed E-state index contributed by atoms with van der Waals surface area (Å²) in [5.41, 5.74) is 15.3. The van der Waals surface area contributed by atoms with Crippen LogP contribution in [0.1, 0.15) is 44.5 Å². The lowest BCUT2D eigenvalue weighted by molar-refractivity contribution is 0.930. The molecule has 2 heterocycles. The Morgan fingerprint density at radius 3 is 1.00 bits per heavy atom. The first-order chi connectivity index (χ1) is 19.8. The maximum Gasteiger partial charge on any atom is 0.0894 e. The lowest BCUT2D eigenvalue weighted by Gasteiger charge is -2.16. The summed E-state index contributed by atoms with van der Waals surface area (Å²) in [6.45, 7) is 0. The molecular formula is C38H32N2. The SMILES string of the molecule is c1cc2ccc1CCc1ccc(c3nc(-c4ccc5c6ccc(c5n4)CCc4ccc(cc4)CC6)ccc13)CC2. The van der Waals surface area contributed by atoms with Crippen LogP contribution in [0.4, 0.5) is 0 Å². The highest BCUT2D eigenvalue weighted by molar-refractivity contribution is 5.90. The molecule has 2 nitrogen and oxygen atoms in total. The first-order valence-corrected chi connectivity index (χ1v) is 14.8. The molecule has 2 aromatic heterocycles. The molecule has 4 aromatic carbocycles. The third-order valence-electron chi connectivity index (χ3n) is 9.10. The Kier molecular flexibility index (Phi) is 5.72. The average Bonchev–Trinajstić information content (AvgIpc) is 2.99. The molecule has 8 bridgehead atoms. The van der Waals surface area contributed by atoms with E-state index in [-0.39, 0.29) is 0 Å². The highest BCUT2D eigenvalue weighted by atomic mass is 14.8. The molecule has 0 radical (unpaired) electrons. The van der Waals surface area contributed by atoms with Crippen molar-refractivity contribution in [2.75, 3.05) is 0 Å². The van der Waals surface area contributed by atoms with E-state index in [4.69, 9.17) is 9.97 Å². The van der Waals surface area contributed by atoms with Gasteiger partial charge in [-0.25, -0.2) is 9.97 Å². The van der Waals surface area contributed by atoms with Gasteiger partial charge in [0.05, 0.1) is 22.4 Å². The van der Waals surface area contributed by atoms with Gasteiger partial charge in [0.1, 0.15) is 0 Å². The normalized spacial score (nSPS) is 14.7. The topological polar surface area (TPSA) is 25.8 Å². The maximum atomic E-state index is 5.32. The third kappa shape index (κ3) is 4.29. The molecule has 0 N–H and O–H groups in total. The molecule has 0 spiro atoms. The Hall–Kier alpha value is -4.30. The van der Waals surface area contributed by atoms with Gasteiger partial charge in [0.25, 0.3) is 0 Å². The zero-order valence-corrected chi connectivity index (χ0v) is 22.8. The fourth-order valence-electron chi connectivity index (χ4n) is 6.65. The van der Waals surface area contributed by atoms with E-state index in [2.05, 4.69) is 97.1 Å². The van der Waals surface area contributed by atoms with Gasteiger partial charge in [-0.15, -0.1) is 0 Å². The van der Waals surface area contributed by atoms with Crippen molar-refractivity contribution in [2.45, 2.75) is 51.4 Å². The number of pyridine rings is 2. The summed E-state index contributed by atoms with van der Waals surface area (Å²) in [5, 5.41) is 2.58. The Bertz CT molecular complexity index is 1740. The largest absolute Gasteiger partial charge is 0.246 e. The quantitative estimate of drug-likeness (QED) is 0.220. The summed E-state index contributed by atoms with van der Waals surface area (Å²) >= 11 is 0. The van der Waals surface area contributed by atoms with Crippen LogP contribution < -0.4 is 0 Å². The number of aromatic nitrogens is 2. The van der Waals surface area contributed by atoms with Crippen molar-refractivity contribution in [3.63, 3.8) is 0 Å². The number of hydrogen-bond donors (Lipinski definition) is 0. The van der Waals surface area contributed by atoms with Gasteiger partial charge in [-0.3, -0.25) is 0 Å². The van der Waals surface area contributed by atoms with Crippen LogP contribution in [0.25, 0.3) is 33.2 Å². The molecule has 194 valence electrons. The summed E-state index contributed by atoms with van der Waals surface area (Å²) in [6.07, 6.45) is 8.21. The monoisotopic (exact) mass is 516 g/mol. The average molecular weight is 517 g/mol. The smallest absolute Gasteiger partial charge is 0.0894 e. The second-order valence-corrected chi connectivity index (χ2v) is 11.6. The van der Waals surface area contributed by atoms with Gasteiger partial charge < -0.3 is 0 Å². The second kappa shape index (κ2) is 9.71. The minimum atomic E-state index is 0.968. The summed E-state index contributed by atoms with van der Waals surface area (Å²) < 4.78 is 0. The number of rotatable bonds is 1. The summed E-state index contributed by atoms with van der Waals surface area (Å²) in [5.74, 6) is 0. The molecule has 8 aliphatic rings. The van der Waals surface area contributed by atoms with E-state index in [1.54, 1.807) is 0 Å². The summed E-state index contributed by atoms with van der Waals surface area (Å²) in [6, 6.07) is 36.6. The van der Waals surface area contributed by atoms with E-state index < -0.39 is 0 Å². The van der Waals surface area contributed by atoms with Crippen LogP contribution in [0.3, 0.4) is 0 Å². The highest BCUT2D eigenvalue weighted by Crippen LogP contribution is 2.31. The molecule has 0 aliphatic heterocycles. The molecule has 6 aromatic rings. The molecule has 0 fully saturated rings.